The van der Waals surface area contributed by atoms with Gasteiger partial charge in [0.05, 0.1) is 34.7 Å². The second-order valence-corrected chi connectivity index (χ2v) is 11.1. The lowest BCUT2D eigenvalue weighted by atomic mass is 10.1. The summed E-state index contributed by atoms with van der Waals surface area (Å²) in [4.78, 5) is 50.5. The molecule has 1 N–H and O–H groups in total. The highest BCUT2D eigenvalue weighted by atomic mass is 32.1. The second kappa shape index (κ2) is 13.5. The summed E-state index contributed by atoms with van der Waals surface area (Å²) in [7, 11) is 0. The lowest BCUT2D eigenvalue weighted by Crippen LogP contribution is -2.33. The number of unbranched alkanes of at least 4 members (excludes halogenated alkanes) is 4. The summed E-state index contributed by atoms with van der Waals surface area (Å²) in [5.74, 6) is -0.393. The fraction of sp³-hybridized carbons (Fsp3) is 0.433. The van der Waals surface area contributed by atoms with Crippen LogP contribution in [0, 0.1) is 6.92 Å². The van der Waals surface area contributed by atoms with Gasteiger partial charge in [-0.05, 0) is 43.5 Å². The van der Waals surface area contributed by atoms with Crippen LogP contribution in [0.1, 0.15) is 90.5 Å². The maximum absolute atomic E-state index is 13.6. The Balaban J connectivity index is 1.69. The number of benzene rings is 1. The first kappa shape index (κ1) is 29.2. The molecule has 9 nitrogen and oxygen atoms in total. The highest BCUT2D eigenvalue weighted by molar-refractivity contribution is 7.09. The predicted molar refractivity (Wildman–Crippen MR) is 155 cm³/mol. The monoisotopic (exact) mass is 563 g/mol. The minimum atomic E-state index is -0.970. The van der Waals surface area contributed by atoms with Crippen molar-refractivity contribution in [2.24, 2.45) is 0 Å². The standard InChI is InChI=1S/C30H37N5O4S/c1-4-6-8-9-15-33-28(36)26(35(30(33)39)19-24-20-40-21(3)32-24)16-25-17-31-27(10-7-5-2)34(25)18-22-11-13-23(14-12-22)29(37)38/h11-14,16-17,20H,4-10,15,18-19H2,1-3H3,(H,37,38)/b26-16+. The quantitative estimate of drug-likeness (QED) is 0.144. The normalized spacial score (nSPS) is 14.6. The summed E-state index contributed by atoms with van der Waals surface area (Å²) in [5.41, 5.74) is 2.93. The van der Waals surface area contributed by atoms with Crippen LogP contribution in [0.3, 0.4) is 0 Å². The number of rotatable bonds is 14. The van der Waals surface area contributed by atoms with Crippen molar-refractivity contribution in [1.82, 2.24) is 24.3 Å². The number of imidazole rings is 1. The van der Waals surface area contributed by atoms with E-state index in [1.807, 2.05) is 16.9 Å². The maximum Gasteiger partial charge on any atom is 0.335 e. The van der Waals surface area contributed by atoms with Crippen LogP contribution >= 0.6 is 11.3 Å². The molecule has 0 unspecified atom stereocenters. The van der Waals surface area contributed by atoms with Crippen LogP contribution in [0.5, 0.6) is 0 Å². The molecule has 3 aromatic rings. The number of carbonyl (C=O) groups excluding carboxylic acids is 2. The van der Waals surface area contributed by atoms with Gasteiger partial charge in [-0.3, -0.25) is 14.6 Å². The van der Waals surface area contributed by atoms with E-state index in [1.54, 1.807) is 36.5 Å². The molecule has 1 saturated heterocycles. The van der Waals surface area contributed by atoms with Crippen LogP contribution in [-0.2, 0) is 24.3 Å². The van der Waals surface area contributed by atoms with E-state index < -0.39 is 5.97 Å². The fourth-order valence-corrected chi connectivity index (χ4v) is 5.36. The van der Waals surface area contributed by atoms with Gasteiger partial charge in [-0.2, -0.15) is 0 Å². The Morgan fingerprint density at radius 3 is 2.40 bits per heavy atom. The van der Waals surface area contributed by atoms with E-state index in [4.69, 9.17) is 0 Å². The fourth-order valence-electron chi connectivity index (χ4n) is 4.76. The van der Waals surface area contributed by atoms with Crippen LogP contribution in [-0.4, -0.2) is 53.9 Å². The Hall–Kier alpha value is -3.79. The van der Waals surface area contributed by atoms with Crippen LogP contribution < -0.4 is 0 Å². The Morgan fingerprint density at radius 1 is 1.00 bits per heavy atom. The molecule has 1 aliphatic heterocycles. The van der Waals surface area contributed by atoms with Crippen molar-refractivity contribution in [3.63, 3.8) is 0 Å². The molecule has 1 fully saturated rings. The van der Waals surface area contributed by atoms with E-state index in [0.717, 1.165) is 72.7 Å². The van der Waals surface area contributed by atoms with Gasteiger partial charge in [0.1, 0.15) is 11.5 Å². The zero-order chi connectivity index (χ0) is 28.6. The first-order valence-corrected chi connectivity index (χ1v) is 14.8. The molecule has 212 valence electrons. The summed E-state index contributed by atoms with van der Waals surface area (Å²) >= 11 is 1.51. The third kappa shape index (κ3) is 6.85. The first-order chi connectivity index (χ1) is 19.3. The molecule has 3 heterocycles. The van der Waals surface area contributed by atoms with E-state index in [9.17, 15) is 19.5 Å². The maximum atomic E-state index is 13.6. The molecule has 40 heavy (non-hydrogen) atoms. The molecule has 0 aliphatic carbocycles. The first-order valence-electron chi connectivity index (χ1n) is 13.9. The van der Waals surface area contributed by atoms with Gasteiger partial charge in [0.25, 0.3) is 5.91 Å². The summed E-state index contributed by atoms with van der Waals surface area (Å²) in [5, 5.41) is 12.1. The van der Waals surface area contributed by atoms with Crippen LogP contribution in [0.15, 0.2) is 41.5 Å². The van der Waals surface area contributed by atoms with Gasteiger partial charge in [-0.1, -0.05) is 51.7 Å². The molecule has 1 aromatic carbocycles. The number of hydrogen-bond acceptors (Lipinski definition) is 6. The second-order valence-electron chi connectivity index (χ2n) is 10.1. The molecule has 4 rings (SSSR count). The average molecular weight is 564 g/mol. The molecule has 3 amide bonds. The van der Waals surface area contributed by atoms with Crippen molar-refractivity contribution in [2.75, 3.05) is 6.54 Å². The zero-order valence-electron chi connectivity index (χ0n) is 23.4. The number of nitrogens with zero attached hydrogens (tertiary/aromatic N) is 5. The van der Waals surface area contributed by atoms with E-state index in [1.165, 1.54) is 21.1 Å². The summed E-state index contributed by atoms with van der Waals surface area (Å²) in [6.45, 7) is 7.24. The number of urea groups is 1. The minimum Gasteiger partial charge on any atom is -0.478 e. The van der Waals surface area contributed by atoms with E-state index in [-0.39, 0.29) is 24.0 Å². The number of aryl methyl sites for hydroxylation is 2. The number of aromatic nitrogens is 3. The Bertz CT molecular complexity index is 1370. The smallest absolute Gasteiger partial charge is 0.335 e. The molecule has 0 atom stereocenters. The molecular formula is C30H37N5O4S. The van der Waals surface area contributed by atoms with Gasteiger partial charge >= 0.3 is 12.0 Å². The number of amides is 3. The van der Waals surface area contributed by atoms with Gasteiger partial charge in [-0.25, -0.2) is 19.6 Å². The third-order valence-electron chi connectivity index (χ3n) is 6.99. The number of hydrogen-bond donors (Lipinski definition) is 1. The summed E-state index contributed by atoms with van der Waals surface area (Å²) < 4.78 is 2.05. The highest BCUT2D eigenvalue weighted by Crippen LogP contribution is 2.28. The Morgan fingerprint density at radius 2 is 1.75 bits per heavy atom. The van der Waals surface area contributed by atoms with Crippen molar-refractivity contribution in [3.05, 3.63) is 74.9 Å². The van der Waals surface area contributed by atoms with Crippen molar-refractivity contribution in [1.29, 1.82) is 0 Å². The van der Waals surface area contributed by atoms with Gasteiger partial charge in [0.2, 0.25) is 0 Å². The lowest BCUT2D eigenvalue weighted by molar-refractivity contribution is -0.123. The topological polar surface area (TPSA) is 109 Å². The molecular weight excluding hydrogens is 526 g/mol. The highest BCUT2D eigenvalue weighted by Gasteiger charge is 2.41. The third-order valence-corrected chi connectivity index (χ3v) is 7.81. The predicted octanol–water partition coefficient (Wildman–Crippen LogP) is 6.12. The summed E-state index contributed by atoms with van der Waals surface area (Å²) in [6.07, 6.45) is 10.1. The van der Waals surface area contributed by atoms with Gasteiger partial charge in [0.15, 0.2) is 0 Å². The van der Waals surface area contributed by atoms with Crippen molar-refractivity contribution in [3.8, 4) is 0 Å². The molecule has 0 bridgehead atoms. The van der Waals surface area contributed by atoms with Crippen molar-refractivity contribution in [2.45, 2.75) is 78.8 Å². The molecule has 0 saturated carbocycles. The van der Waals surface area contributed by atoms with Crippen LogP contribution in [0.4, 0.5) is 4.79 Å². The largest absolute Gasteiger partial charge is 0.478 e. The Kier molecular flexibility index (Phi) is 9.87. The van der Waals surface area contributed by atoms with Crippen LogP contribution in [0.25, 0.3) is 6.08 Å². The molecule has 0 radical (unpaired) electrons. The van der Waals surface area contributed by atoms with Crippen LogP contribution in [0.2, 0.25) is 0 Å². The SMILES string of the molecule is CCCCCCN1C(=O)/C(=C\c2cnc(CCCC)n2Cc2ccc(C(=O)O)cc2)N(Cc2csc(C)n2)C1=O. The lowest BCUT2D eigenvalue weighted by Gasteiger charge is -2.16. The summed E-state index contributed by atoms with van der Waals surface area (Å²) in [6, 6.07) is 6.45. The van der Waals surface area contributed by atoms with Gasteiger partial charge in [0, 0.05) is 24.9 Å². The Labute approximate surface area is 239 Å². The van der Waals surface area contributed by atoms with Gasteiger partial charge < -0.3 is 9.67 Å². The van der Waals surface area contributed by atoms with E-state index in [2.05, 4.69) is 23.8 Å². The number of carboxylic acid groups (broad SMARTS) is 1. The van der Waals surface area contributed by atoms with E-state index in [0.29, 0.717) is 18.8 Å². The average Bonchev–Trinajstić information content (AvgIpc) is 3.59. The minimum absolute atomic E-state index is 0.222. The zero-order valence-corrected chi connectivity index (χ0v) is 24.2. The van der Waals surface area contributed by atoms with Crippen molar-refractivity contribution >= 4 is 35.3 Å². The number of aromatic carboxylic acids is 1. The van der Waals surface area contributed by atoms with E-state index >= 15 is 0 Å². The molecule has 1 aliphatic rings. The molecule has 10 heteroatoms. The number of carboxylic acids is 1. The molecule has 2 aromatic heterocycles. The van der Waals surface area contributed by atoms with Crippen molar-refractivity contribution < 1.29 is 19.5 Å². The number of imide groups is 1. The number of thiazole rings is 1. The van der Waals surface area contributed by atoms with Gasteiger partial charge in [-0.15, -0.1) is 11.3 Å². The molecule has 0 spiro atoms. The number of carbonyl (C=O) groups is 3.